The number of hydrogen-bond acceptors (Lipinski definition) is 2. The zero-order valence-corrected chi connectivity index (χ0v) is 6.94. The second-order valence-electron chi connectivity index (χ2n) is 3.31. The van der Waals surface area contributed by atoms with Gasteiger partial charge in [0.05, 0.1) is 12.0 Å². The van der Waals surface area contributed by atoms with Crippen molar-refractivity contribution in [3.05, 3.63) is 0 Å². The zero-order valence-electron chi connectivity index (χ0n) is 6.94. The van der Waals surface area contributed by atoms with Crippen molar-refractivity contribution < 1.29 is 9.59 Å². The van der Waals surface area contributed by atoms with E-state index in [9.17, 15) is 9.59 Å². The molecule has 0 bridgehead atoms. The number of rotatable bonds is 1. The average Bonchev–Trinajstić information content (AvgIpc) is 1.98. The number of carbonyl (C=O) groups is 2. The molecule has 1 atom stereocenters. The highest BCUT2D eigenvalue weighted by atomic mass is 16.2. The summed E-state index contributed by atoms with van der Waals surface area (Å²) >= 11 is 0. The van der Waals surface area contributed by atoms with Crippen molar-refractivity contribution in [3.8, 4) is 0 Å². The molecule has 0 aromatic heterocycles. The number of hydrogen-bond donors (Lipinski definition) is 1. The topological polar surface area (TPSA) is 46.2 Å². The Labute approximate surface area is 66.2 Å². The maximum atomic E-state index is 11.2. The number of Topliss-reactive ketones (excluding diaryl/α,β-unsaturated/α-hetero) is 1. The zero-order chi connectivity index (χ0) is 8.48. The molecule has 0 saturated carbocycles. The molecule has 1 aliphatic rings. The molecule has 3 heteroatoms. The quantitative estimate of drug-likeness (QED) is 0.599. The third-order valence-electron chi connectivity index (χ3n) is 2.36. The van der Waals surface area contributed by atoms with Gasteiger partial charge in [-0.05, 0) is 6.42 Å². The molecule has 1 rings (SSSR count). The van der Waals surface area contributed by atoms with Gasteiger partial charge in [-0.1, -0.05) is 13.8 Å². The van der Waals surface area contributed by atoms with Gasteiger partial charge >= 0.3 is 0 Å². The molecule has 1 saturated heterocycles. The molecule has 1 amide bonds. The molecule has 0 aliphatic carbocycles. The van der Waals surface area contributed by atoms with Gasteiger partial charge in [-0.2, -0.15) is 0 Å². The van der Waals surface area contributed by atoms with Crippen LogP contribution in [-0.2, 0) is 9.59 Å². The highest BCUT2D eigenvalue weighted by Gasteiger charge is 2.37. The van der Waals surface area contributed by atoms with Gasteiger partial charge in [0.2, 0.25) is 5.91 Å². The Morgan fingerprint density at radius 3 is 2.64 bits per heavy atom. The van der Waals surface area contributed by atoms with Crippen LogP contribution in [0.3, 0.4) is 0 Å². The first-order valence-electron chi connectivity index (χ1n) is 3.88. The standard InChI is InChI=1S/C8H13NO2/c1-3-8(2)4-6(10)5-9-7(8)11/h3-5H2,1-2H3,(H,9,11). The average molecular weight is 155 g/mol. The van der Waals surface area contributed by atoms with Gasteiger partial charge in [-0.25, -0.2) is 0 Å². The maximum Gasteiger partial charge on any atom is 0.226 e. The fraction of sp³-hybridized carbons (Fsp3) is 0.750. The summed E-state index contributed by atoms with van der Waals surface area (Å²) in [5.74, 6) is 0.147. The molecule has 11 heavy (non-hydrogen) atoms. The van der Waals surface area contributed by atoms with Crippen LogP contribution in [0.4, 0.5) is 0 Å². The van der Waals surface area contributed by atoms with Crippen LogP contribution in [0.2, 0.25) is 0 Å². The van der Waals surface area contributed by atoms with Gasteiger partial charge in [0, 0.05) is 6.42 Å². The van der Waals surface area contributed by atoms with Crippen LogP contribution in [0.1, 0.15) is 26.7 Å². The number of ketones is 1. The fourth-order valence-electron chi connectivity index (χ4n) is 1.26. The fourth-order valence-corrected chi connectivity index (χ4v) is 1.26. The summed E-state index contributed by atoms with van der Waals surface area (Å²) in [5.41, 5.74) is -0.449. The summed E-state index contributed by atoms with van der Waals surface area (Å²) < 4.78 is 0. The van der Waals surface area contributed by atoms with Gasteiger partial charge in [-0.15, -0.1) is 0 Å². The Morgan fingerprint density at radius 1 is 1.55 bits per heavy atom. The molecular formula is C8H13NO2. The summed E-state index contributed by atoms with van der Waals surface area (Å²) in [5, 5.41) is 2.58. The Balaban J connectivity index is 2.76. The number of amides is 1. The molecule has 1 N–H and O–H groups in total. The Hall–Kier alpha value is -0.860. The van der Waals surface area contributed by atoms with Crippen molar-refractivity contribution in [1.82, 2.24) is 5.32 Å². The van der Waals surface area contributed by atoms with Gasteiger partial charge < -0.3 is 5.32 Å². The van der Waals surface area contributed by atoms with Crippen LogP contribution >= 0.6 is 0 Å². The minimum absolute atomic E-state index is 0.0135. The van der Waals surface area contributed by atoms with E-state index in [4.69, 9.17) is 0 Å². The van der Waals surface area contributed by atoms with E-state index >= 15 is 0 Å². The normalized spacial score (nSPS) is 31.8. The summed E-state index contributed by atoms with van der Waals surface area (Å²) in [4.78, 5) is 22.2. The van der Waals surface area contributed by atoms with E-state index in [1.807, 2.05) is 13.8 Å². The maximum absolute atomic E-state index is 11.2. The molecule has 1 heterocycles. The lowest BCUT2D eigenvalue weighted by molar-refractivity contribution is -0.139. The van der Waals surface area contributed by atoms with E-state index < -0.39 is 5.41 Å². The highest BCUT2D eigenvalue weighted by molar-refractivity contribution is 5.96. The molecule has 3 nitrogen and oxygen atoms in total. The lowest BCUT2D eigenvalue weighted by Gasteiger charge is -2.30. The van der Waals surface area contributed by atoms with E-state index in [2.05, 4.69) is 5.32 Å². The second-order valence-corrected chi connectivity index (χ2v) is 3.31. The lowest BCUT2D eigenvalue weighted by Crippen LogP contribution is -2.48. The van der Waals surface area contributed by atoms with Crippen molar-refractivity contribution in [2.24, 2.45) is 5.41 Å². The van der Waals surface area contributed by atoms with Gasteiger partial charge in [0.1, 0.15) is 0 Å². The predicted octanol–water partition coefficient (Wildman–Crippen LogP) is 0.492. The molecule has 1 aliphatic heterocycles. The van der Waals surface area contributed by atoms with Crippen LogP contribution in [-0.4, -0.2) is 18.2 Å². The third kappa shape index (κ3) is 1.42. The molecule has 0 aromatic carbocycles. The molecule has 1 unspecified atom stereocenters. The van der Waals surface area contributed by atoms with Gasteiger partial charge in [-0.3, -0.25) is 9.59 Å². The minimum Gasteiger partial charge on any atom is -0.349 e. The molecule has 1 fully saturated rings. The number of nitrogens with one attached hydrogen (secondary N) is 1. The number of carbonyl (C=O) groups excluding carboxylic acids is 2. The first kappa shape index (κ1) is 8.24. The van der Waals surface area contributed by atoms with Crippen molar-refractivity contribution in [3.63, 3.8) is 0 Å². The molecule has 62 valence electrons. The van der Waals surface area contributed by atoms with Crippen LogP contribution < -0.4 is 5.32 Å². The Morgan fingerprint density at radius 2 is 2.18 bits per heavy atom. The van der Waals surface area contributed by atoms with Crippen LogP contribution in [0.5, 0.6) is 0 Å². The monoisotopic (exact) mass is 155 g/mol. The lowest BCUT2D eigenvalue weighted by atomic mass is 9.79. The predicted molar refractivity (Wildman–Crippen MR) is 41.0 cm³/mol. The smallest absolute Gasteiger partial charge is 0.226 e. The van der Waals surface area contributed by atoms with Crippen LogP contribution in [0.15, 0.2) is 0 Å². The molecule has 0 aromatic rings. The van der Waals surface area contributed by atoms with E-state index in [-0.39, 0.29) is 18.2 Å². The summed E-state index contributed by atoms with van der Waals surface area (Å²) in [6.45, 7) is 3.98. The van der Waals surface area contributed by atoms with E-state index in [1.165, 1.54) is 0 Å². The van der Waals surface area contributed by atoms with Gasteiger partial charge in [0.25, 0.3) is 0 Å². The first-order valence-corrected chi connectivity index (χ1v) is 3.88. The van der Waals surface area contributed by atoms with Crippen molar-refractivity contribution >= 4 is 11.7 Å². The van der Waals surface area contributed by atoms with Crippen molar-refractivity contribution in [2.75, 3.05) is 6.54 Å². The van der Waals surface area contributed by atoms with Crippen molar-refractivity contribution in [1.29, 1.82) is 0 Å². The minimum atomic E-state index is -0.449. The molecule has 0 spiro atoms. The largest absolute Gasteiger partial charge is 0.349 e. The van der Waals surface area contributed by atoms with Crippen LogP contribution in [0.25, 0.3) is 0 Å². The van der Waals surface area contributed by atoms with Crippen molar-refractivity contribution in [2.45, 2.75) is 26.7 Å². The Kier molecular flexibility index (Phi) is 1.98. The summed E-state index contributed by atoms with van der Waals surface area (Å²) in [6.07, 6.45) is 1.12. The molecule has 0 radical (unpaired) electrons. The third-order valence-corrected chi connectivity index (χ3v) is 2.36. The van der Waals surface area contributed by atoms with E-state index in [0.29, 0.717) is 6.42 Å². The summed E-state index contributed by atoms with van der Waals surface area (Å²) in [6, 6.07) is 0. The van der Waals surface area contributed by atoms with E-state index in [1.54, 1.807) is 0 Å². The SMILES string of the molecule is CCC1(C)CC(=O)CNC1=O. The Bertz CT molecular complexity index is 200. The van der Waals surface area contributed by atoms with E-state index in [0.717, 1.165) is 6.42 Å². The first-order chi connectivity index (χ1) is 5.08. The highest BCUT2D eigenvalue weighted by Crippen LogP contribution is 2.28. The summed E-state index contributed by atoms with van der Waals surface area (Å²) in [7, 11) is 0. The van der Waals surface area contributed by atoms with Crippen LogP contribution in [0, 0.1) is 5.41 Å². The molecular weight excluding hydrogens is 142 g/mol. The van der Waals surface area contributed by atoms with Gasteiger partial charge in [0.15, 0.2) is 5.78 Å². The number of piperidine rings is 1. The second kappa shape index (κ2) is 2.64.